The van der Waals surface area contributed by atoms with Gasteiger partial charge in [-0.15, -0.1) is 0 Å². The van der Waals surface area contributed by atoms with Crippen molar-refractivity contribution in [3.63, 3.8) is 0 Å². The van der Waals surface area contributed by atoms with Crippen LogP contribution in [0.5, 0.6) is 0 Å². The minimum Gasteiger partial charge on any atom is -0.285 e. The number of rotatable bonds is 0. The van der Waals surface area contributed by atoms with E-state index in [2.05, 4.69) is 0 Å². The van der Waals surface area contributed by atoms with Gasteiger partial charge in [-0.05, 0) is 12.8 Å². The molecule has 2 nitrogen and oxygen atoms in total. The second-order valence-electron chi connectivity index (χ2n) is 2.62. The number of hydrogen-bond donors (Lipinski definition) is 0. The van der Waals surface area contributed by atoms with Crippen molar-refractivity contribution in [1.29, 1.82) is 0 Å². The molecule has 52 valence electrons. The van der Waals surface area contributed by atoms with E-state index in [1.165, 1.54) is 38.0 Å². The summed E-state index contributed by atoms with van der Waals surface area (Å²) in [5, 5.41) is 0. The average Bonchev–Trinajstić information content (AvgIpc) is 2.33. The Kier molecular flexibility index (Phi) is 1.66. The summed E-state index contributed by atoms with van der Waals surface area (Å²) in [5.74, 6) is 0. The van der Waals surface area contributed by atoms with E-state index in [9.17, 15) is 0 Å². The van der Waals surface area contributed by atoms with Crippen molar-refractivity contribution in [2.24, 2.45) is 0 Å². The third-order valence-electron chi connectivity index (χ3n) is 1.97. The summed E-state index contributed by atoms with van der Waals surface area (Å²) in [5.41, 5.74) is 0. The van der Waals surface area contributed by atoms with Crippen molar-refractivity contribution in [3.05, 3.63) is 0 Å². The second-order valence-corrected chi connectivity index (χ2v) is 3.14. The highest BCUT2D eigenvalue weighted by Crippen LogP contribution is 2.35. The van der Waals surface area contributed by atoms with E-state index in [0.717, 1.165) is 0 Å². The van der Waals surface area contributed by atoms with Crippen LogP contribution in [0.4, 0.5) is 0 Å². The first-order chi connectivity index (χ1) is 4.47. The highest BCUT2D eigenvalue weighted by molar-refractivity contribution is 7.90. The number of hydrogen-bond acceptors (Lipinski definition) is 3. The van der Waals surface area contributed by atoms with Crippen LogP contribution < -0.4 is 0 Å². The van der Waals surface area contributed by atoms with E-state index in [-0.39, 0.29) is 0 Å². The van der Waals surface area contributed by atoms with Gasteiger partial charge in [-0.3, -0.25) is 8.37 Å². The minimum atomic E-state index is 0.406. The van der Waals surface area contributed by atoms with Gasteiger partial charge in [0.15, 0.2) is 12.3 Å². The molecular weight excluding hydrogens is 136 g/mol. The molecule has 0 aromatic rings. The minimum absolute atomic E-state index is 0.406. The van der Waals surface area contributed by atoms with Gasteiger partial charge in [0.05, 0.1) is 0 Å². The molecule has 0 aromatic heterocycles. The number of fused-ring (bicyclic) bond motifs is 1. The van der Waals surface area contributed by atoms with E-state index < -0.39 is 0 Å². The van der Waals surface area contributed by atoms with E-state index in [1.807, 2.05) is 0 Å². The normalized spacial score (nSPS) is 42.7. The zero-order valence-electron chi connectivity index (χ0n) is 5.21. The molecule has 0 N–H and O–H groups in total. The van der Waals surface area contributed by atoms with Gasteiger partial charge in [-0.2, -0.15) is 0 Å². The van der Waals surface area contributed by atoms with E-state index in [1.54, 1.807) is 0 Å². The van der Waals surface area contributed by atoms with Gasteiger partial charge in [-0.25, -0.2) is 0 Å². The first kappa shape index (κ1) is 6.01. The van der Waals surface area contributed by atoms with Crippen LogP contribution in [0.15, 0.2) is 0 Å². The Hall–Kier alpha value is 0.270. The van der Waals surface area contributed by atoms with Crippen LogP contribution in [0.1, 0.15) is 25.7 Å². The summed E-state index contributed by atoms with van der Waals surface area (Å²) in [6.07, 6.45) is 5.82. The predicted octanol–water partition coefficient (Wildman–Crippen LogP) is 1.91. The summed E-state index contributed by atoms with van der Waals surface area (Å²) in [7, 11) is 0. The van der Waals surface area contributed by atoms with Crippen LogP contribution >= 0.6 is 12.3 Å². The smallest absolute Gasteiger partial charge is 0.159 e. The molecule has 3 heteroatoms. The molecule has 0 bridgehead atoms. The maximum atomic E-state index is 5.25. The van der Waals surface area contributed by atoms with Gasteiger partial charge in [0.1, 0.15) is 12.2 Å². The van der Waals surface area contributed by atoms with Gasteiger partial charge in [-0.1, -0.05) is 12.8 Å². The fraction of sp³-hybridized carbons (Fsp3) is 1.00. The lowest BCUT2D eigenvalue weighted by molar-refractivity contribution is 0.110. The Morgan fingerprint density at radius 1 is 1.00 bits per heavy atom. The molecule has 1 saturated heterocycles. The Morgan fingerprint density at radius 2 is 1.56 bits per heavy atom. The fourth-order valence-corrected chi connectivity index (χ4v) is 2.09. The first-order valence-corrected chi connectivity index (χ1v) is 4.12. The van der Waals surface area contributed by atoms with Gasteiger partial charge in [0, 0.05) is 0 Å². The van der Waals surface area contributed by atoms with Crippen LogP contribution in [0.3, 0.4) is 0 Å². The lowest BCUT2D eigenvalue weighted by Crippen LogP contribution is -2.25. The third kappa shape index (κ3) is 1.09. The molecule has 9 heavy (non-hydrogen) atoms. The monoisotopic (exact) mass is 146 g/mol. The zero-order valence-corrected chi connectivity index (χ0v) is 6.02. The van der Waals surface area contributed by atoms with Crippen LogP contribution in [0, 0.1) is 0 Å². The molecule has 2 unspecified atom stereocenters. The molecule has 1 heterocycles. The molecule has 0 radical (unpaired) electrons. The molecule has 0 aromatic carbocycles. The topological polar surface area (TPSA) is 18.5 Å². The van der Waals surface area contributed by atoms with Crippen LogP contribution in [0.2, 0.25) is 0 Å². The maximum Gasteiger partial charge on any atom is 0.159 e. The second kappa shape index (κ2) is 2.48. The van der Waals surface area contributed by atoms with E-state index in [0.29, 0.717) is 12.2 Å². The lowest BCUT2D eigenvalue weighted by Gasteiger charge is -2.19. The first-order valence-electron chi connectivity index (χ1n) is 3.45. The molecule has 1 aliphatic carbocycles. The summed E-state index contributed by atoms with van der Waals surface area (Å²) >= 11 is 1.18. The largest absolute Gasteiger partial charge is 0.285 e. The van der Waals surface area contributed by atoms with Crippen molar-refractivity contribution in [1.82, 2.24) is 0 Å². The molecule has 2 atom stereocenters. The highest BCUT2D eigenvalue weighted by atomic mass is 32.2. The average molecular weight is 146 g/mol. The van der Waals surface area contributed by atoms with Gasteiger partial charge in [0.2, 0.25) is 0 Å². The van der Waals surface area contributed by atoms with E-state index in [4.69, 9.17) is 8.37 Å². The lowest BCUT2D eigenvalue weighted by atomic mass is 9.95. The Balaban J connectivity index is 1.97. The molecule has 2 rings (SSSR count). The van der Waals surface area contributed by atoms with Crippen LogP contribution in [0.25, 0.3) is 0 Å². The molecule has 1 saturated carbocycles. The van der Waals surface area contributed by atoms with Crippen molar-refractivity contribution in [3.8, 4) is 0 Å². The predicted molar refractivity (Wildman–Crippen MR) is 35.8 cm³/mol. The molecular formula is C6H10O2S. The summed E-state index contributed by atoms with van der Waals surface area (Å²) in [6.45, 7) is 0. The molecule has 0 amide bonds. The van der Waals surface area contributed by atoms with Gasteiger partial charge < -0.3 is 0 Å². The van der Waals surface area contributed by atoms with Gasteiger partial charge >= 0.3 is 0 Å². The summed E-state index contributed by atoms with van der Waals surface area (Å²) in [6, 6.07) is 0. The molecule has 0 spiro atoms. The molecule has 2 aliphatic rings. The van der Waals surface area contributed by atoms with E-state index >= 15 is 0 Å². The zero-order chi connectivity index (χ0) is 6.10. The SMILES string of the molecule is C1CCC2OSOC2C1. The maximum absolute atomic E-state index is 5.25. The third-order valence-corrected chi connectivity index (χ3v) is 2.62. The van der Waals surface area contributed by atoms with Crippen LogP contribution in [-0.4, -0.2) is 12.2 Å². The van der Waals surface area contributed by atoms with Crippen molar-refractivity contribution in [2.45, 2.75) is 37.9 Å². The fourth-order valence-electron chi connectivity index (χ4n) is 1.41. The Labute approximate surface area is 59.3 Å². The molecule has 1 aliphatic heterocycles. The Morgan fingerprint density at radius 3 is 2.11 bits per heavy atom. The van der Waals surface area contributed by atoms with Crippen molar-refractivity contribution < 1.29 is 8.37 Å². The van der Waals surface area contributed by atoms with Crippen molar-refractivity contribution in [2.75, 3.05) is 0 Å². The standard InChI is InChI=1S/C6H10O2S/c1-2-4-6-5(3-1)7-9-8-6/h5-6H,1-4H2. The highest BCUT2D eigenvalue weighted by Gasteiger charge is 2.32. The van der Waals surface area contributed by atoms with Crippen LogP contribution in [-0.2, 0) is 8.37 Å². The Bertz CT molecular complexity index is 95.2. The quantitative estimate of drug-likeness (QED) is 0.486. The molecule has 2 fully saturated rings. The van der Waals surface area contributed by atoms with Crippen molar-refractivity contribution >= 4 is 12.3 Å². The summed E-state index contributed by atoms with van der Waals surface area (Å²) in [4.78, 5) is 0. The van der Waals surface area contributed by atoms with Gasteiger partial charge in [0.25, 0.3) is 0 Å². The summed E-state index contributed by atoms with van der Waals surface area (Å²) < 4.78 is 10.5.